The molecule has 1 aromatic rings. The second-order valence-corrected chi connectivity index (χ2v) is 7.14. The van der Waals surface area contributed by atoms with Crippen LogP contribution in [0.1, 0.15) is 24.8 Å². The number of aliphatic carboxylic acids is 1. The topological polar surface area (TPSA) is 159 Å². The SMILES string of the molecule is NC(=O)C[C@H](N)C(=O)NC(Cc1ccccc1)C(O)CN1CCC[C@H]1C(=O)O. The van der Waals surface area contributed by atoms with Gasteiger partial charge in [-0.3, -0.25) is 19.3 Å². The van der Waals surface area contributed by atoms with Crippen molar-refractivity contribution in [1.82, 2.24) is 10.2 Å². The van der Waals surface area contributed by atoms with E-state index in [0.29, 0.717) is 19.4 Å². The highest BCUT2D eigenvalue weighted by molar-refractivity contribution is 5.87. The number of rotatable bonds is 10. The zero-order valence-corrected chi connectivity index (χ0v) is 15.7. The number of hydrogen-bond donors (Lipinski definition) is 5. The second-order valence-electron chi connectivity index (χ2n) is 7.14. The lowest BCUT2D eigenvalue weighted by Crippen LogP contribution is -2.54. The van der Waals surface area contributed by atoms with Crippen molar-refractivity contribution in [3.8, 4) is 0 Å². The number of aliphatic hydroxyl groups is 1. The minimum absolute atomic E-state index is 0.111. The number of nitrogens with one attached hydrogen (secondary N) is 1. The van der Waals surface area contributed by atoms with Crippen molar-refractivity contribution in [3.63, 3.8) is 0 Å². The van der Waals surface area contributed by atoms with E-state index in [9.17, 15) is 24.6 Å². The van der Waals surface area contributed by atoms with Gasteiger partial charge in [0.2, 0.25) is 11.8 Å². The van der Waals surface area contributed by atoms with E-state index in [1.54, 1.807) is 4.90 Å². The highest BCUT2D eigenvalue weighted by Crippen LogP contribution is 2.19. The van der Waals surface area contributed by atoms with Crippen LogP contribution in [0.3, 0.4) is 0 Å². The van der Waals surface area contributed by atoms with E-state index in [0.717, 1.165) is 12.0 Å². The van der Waals surface area contributed by atoms with Gasteiger partial charge in [0.25, 0.3) is 0 Å². The van der Waals surface area contributed by atoms with Gasteiger partial charge < -0.3 is 27.0 Å². The molecule has 2 rings (SSSR count). The summed E-state index contributed by atoms with van der Waals surface area (Å²) in [5.74, 6) is -2.20. The summed E-state index contributed by atoms with van der Waals surface area (Å²) in [6.07, 6.45) is 0.296. The van der Waals surface area contributed by atoms with Crippen molar-refractivity contribution < 1.29 is 24.6 Å². The van der Waals surface area contributed by atoms with Crippen LogP contribution >= 0.6 is 0 Å². The Bertz CT molecular complexity index is 684. The van der Waals surface area contributed by atoms with E-state index in [1.807, 2.05) is 30.3 Å². The highest BCUT2D eigenvalue weighted by Gasteiger charge is 2.34. The molecule has 1 fully saturated rings. The molecule has 9 nitrogen and oxygen atoms in total. The molecule has 9 heteroatoms. The van der Waals surface area contributed by atoms with Crippen LogP contribution in [0.4, 0.5) is 0 Å². The number of nitrogens with two attached hydrogens (primary N) is 2. The van der Waals surface area contributed by atoms with Crippen molar-refractivity contribution in [1.29, 1.82) is 0 Å². The number of β-amino-alcohol motifs (C(OH)–C–C–N with tert-alkyl or cyclic N) is 1. The Morgan fingerprint density at radius 3 is 2.54 bits per heavy atom. The first-order valence-electron chi connectivity index (χ1n) is 9.31. The molecule has 28 heavy (non-hydrogen) atoms. The third kappa shape index (κ3) is 6.29. The van der Waals surface area contributed by atoms with E-state index < -0.39 is 42.0 Å². The average molecular weight is 392 g/mol. The Labute approximate surface area is 163 Å². The van der Waals surface area contributed by atoms with Crippen molar-refractivity contribution in [2.45, 2.75) is 49.9 Å². The number of benzene rings is 1. The van der Waals surface area contributed by atoms with Crippen LogP contribution < -0.4 is 16.8 Å². The number of carbonyl (C=O) groups is 3. The van der Waals surface area contributed by atoms with Crippen LogP contribution in [-0.2, 0) is 20.8 Å². The Balaban J connectivity index is 2.09. The number of carbonyl (C=O) groups excluding carboxylic acids is 2. The molecule has 4 atom stereocenters. The lowest BCUT2D eigenvalue weighted by atomic mass is 9.99. The van der Waals surface area contributed by atoms with Crippen LogP contribution in [0.15, 0.2) is 30.3 Å². The molecule has 7 N–H and O–H groups in total. The first-order chi connectivity index (χ1) is 13.3. The molecule has 154 valence electrons. The van der Waals surface area contributed by atoms with Crippen LogP contribution in [0, 0.1) is 0 Å². The van der Waals surface area contributed by atoms with Gasteiger partial charge in [0, 0.05) is 6.54 Å². The number of hydrogen-bond acceptors (Lipinski definition) is 6. The fourth-order valence-corrected chi connectivity index (χ4v) is 3.44. The first-order valence-corrected chi connectivity index (χ1v) is 9.31. The van der Waals surface area contributed by atoms with Crippen molar-refractivity contribution in [2.75, 3.05) is 13.1 Å². The molecule has 0 aromatic heterocycles. The summed E-state index contributed by atoms with van der Waals surface area (Å²) >= 11 is 0. The summed E-state index contributed by atoms with van der Waals surface area (Å²) in [7, 11) is 0. The molecule has 1 aromatic carbocycles. The van der Waals surface area contributed by atoms with Crippen molar-refractivity contribution >= 4 is 17.8 Å². The third-order valence-electron chi connectivity index (χ3n) is 4.92. The number of carboxylic acid groups (broad SMARTS) is 1. The Morgan fingerprint density at radius 1 is 1.25 bits per heavy atom. The minimum atomic E-state index is -1.11. The Hall–Kier alpha value is -2.49. The van der Waals surface area contributed by atoms with Crippen LogP contribution in [0.25, 0.3) is 0 Å². The van der Waals surface area contributed by atoms with E-state index >= 15 is 0 Å². The van der Waals surface area contributed by atoms with Gasteiger partial charge in [-0.1, -0.05) is 30.3 Å². The third-order valence-corrected chi connectivity index (χ3v) is 4.92. The maximum atomic E-state index is 12.3. The van der Waals surface area contributed by atoms with E-state index in [4.69, 9.17) is 11.5 Å². The molecule has 0 saturated carbocycles. The van der Waals surface area contributed by atoms with Gasteiger partial charge in [0.15, 0.2) is 0 Å². The van der Waals surface area contributed by atoms with Gasteiger partial charge in [0.1, 0.15) is 6.04 Å². The number of aliphatic hydroxyl groups excluding tert-OH is 1. The largest absolute Gasteiger partial charge is 0.480 e. The number of carboxylic acids is 1. The molecule has 0 radical (unpaired) electrons. The second kappa shape index (κ2) is 10.2. The zero-order chi connectivity index (χ0) is 20.7. The molecule has 2 amide bonds. The quantitative estimate of drug-likeness (QED) is 0.335. The normalized spacial score (nSPS) is 20.3. The van der Waals surface area contributed by atoms with E-state index in [2.05, 4.69) is 5.32 Å². The molecular weight excluding hydrogens is 364 g/mol. The summed E-state index contributed by atoms with van der Waals surface area (Å²) in [6, 6.07) is 6.85. The fraction of sp³-hybridized carbons (Fsp3) is 0.526. The summed E-state index contributed by atoms with van der Waals surface area (Å²) < 4.78 is 0. The summed E-state index contributed by atoms with van der Waals surface area (Å²) in [5, 5.41) is 22.8. The smallest absolute Gasteiger partial charge is 0.320 e. The minimum Gasteiger partial charge on any atom is -0.480 e. The van der Waals surface area contributed by atoms with Gasteiger partial charge >= 0.3 is 5.97 Å². The standard InChI is InChI=1S/C19H28N4O5/c20-13(10-17(21)25)18(26)22-14(9-12-5-2-1-3-6-12)16(24)11-23-8-4-7-15(23)19(27)28/h1-3,5-6,13-16,24H,4,7-11,20H2,(H2,21,25)(H,22,26)(H,27,28)/t13-,14?,15-,16?/m0/s1. The molecule has 1 heterocycles. The monoisotopic (exact) mass is 392 g/mol. The molecule has 1 aliphatic heterocycles. The van der Waals surface area contributed by atoms with E-state index in [1.165, 1.54) is 0 Å². The molecule has 2 unspecified atom stereocenters. The number of nitrogens with zero attached hydrogens (tertiary/aromatic N) is 1. The predicted octanol–water partition coefficient (Wildman–Crippen LogP) is -1.17. The molecule has 0 bridgehead atoms. The molecule has 1 saturated heterocycles. The Kier molecular flexibility index (Phi) is 7.91. The van der Waals surface area contributed by atoms with Gasteiger partial charge in [-0.05, 0) is 31.4 Å². The van der Waals surface area contributed by atoms with Gasteiger partial charge in [-0.15, -0.1) is 0 Å². The molecule has 1 aliphatic rings. The lowest BCUT2D eigenvalue weighted by Gasteiger charge is -2.30. The van der Waals surface area contributed by atoms with Crippen LogP contribution in [-0.4, -0.2) is 70.2 Å². The number of primary amides is 1. The average Bonchev–Trinajstić information content (AvgIpc) is 3.09. The fourth-order valence-electron chi connectivity index (χ4n) is 3.44. The van der Waals surface area contributed by atoms with Crippen molar-refractivity contribution in [3.05, 3.63) is 35.9 Å². The van der Waals surface area contributed by atoms with Crippen LogP contribution in [0.5, 0.6) is 0 Å². The Morgan fingerprint density at radius 2 is 1.93 bits per heavy atom. The summed E-state index contributed by atoms with van der Waals surface area (Å²) in [6.45, 7) is 0.682. The highest BCUT2D eigenvalue weighted by atomic mass is 16.4. The predicted molar refractivity (Wildman–Crippen MR) is 102 cm³/mol. The van der Waals surface area contributed by atoms with Gasteiger partial charge in [-0.2, -0.15) is 0 Å². The maximum Gasteiger partial charge on any atom is 0.320 e. The zero-order valence-electron chi connectivity index (χ0n) is 15.7. The van der Waals surface area contributed by atoms with Crippen LogP contribution in [0.2, 0.25) is 0 Å². The number of likely N-dealkylation sites (tertiary alicyclic amines) is 1. The molecule has 0 spiro atoms. The molecular formula is C19H28N4O5. The molecule has 0 aliphatic carbocycles. The van der Waals surface area contributed by atoms with E-state index in [-0.39, 0.29) is 13.0 Å². The summed E-state index contributed by atoms with van der Waals surface area (Å²) in [5.41, 5.74) is 11.7. The van der Waals surface area contributed by atoms with Gasteiger partial charge in [-0.25, -0.2) is 0 Å². The lowest BCUT2D eigenvalue weighted by molar-refractivity contribution is -0.142. The van der Waals surface area contributed by atoms with Crippen molar-refractivity contribution in [2.24, 2.45) is 11.5 Å². The first kappa shape index (κ1) is 21.8. The maximum absolute atomic E-state index is 12.3. The number of amides is 2. The van der Waals surface area contributed by atoms with Gasteiger partial charge in [0.05, 0.1) is 24.6 Å². The summed E-state index contributed by atoms with van der Waals surface area (Å²) in [4.78, 5) is 36.4.